The number of benzene rings is 4. The summed E-state index contributed by atoms with van der Waals surface area (Å²) in [6.45, 7) is 1.78. The molecular weight excluding hydrogens is 833 g/mol. The molecule has 0 spiro atoms. The Balaban J connectivity index is 0.000000201. The van der Waals surface area contributed by atoms with Crippen molar-refractivity contribution in [1.82, 2.24) is 0 Å². The van der Waals surface area contributed by atoms with Crippen molar-refractivity contribution in [3.63, 3.8) is 0 Å². The Hall–Kier alpha value is -7.84. The first-order valence-electron chi connectivity index (χ1n) is 23.1. The van der Waals surface area contributed by atoms with Crippen molar-refractivity contribution < 1.29 is 18.9 Å². The first kappa shape index (κ1) is 48.1. The first-order chi connectivity index (χ1) is 33.6. The van der Waals surface area contributed by atoms with Crippen LogP contribution in [0.25, 0.3) is 0 Å². The summed E-state index contributed by atoms with van der Waals surface area (Å²) in [5.74, 6) is 50.9. The molecule has 0 radical (unpaired) electrons. The van der Waals surface area contributed by atoms with Crippen LogP contribution in [-0.4, -0.2) is 22.4 Å². The third-order valence-corrected chi connectivity index (χ3v) is 11.1. The predicted molar refractivity (Wildman–Crippen MR) is 272 cm³/mol. The molecule has 4 aromatic carbocycles. The smallest absolute Gasteiger partial charge is 0.191 e. The van der Waals surface area contributed by atoms with E-state index in [-0.39, 0.29) is 0 Å². The standard InChI is InChI=1S/2C32H26O2/c2*1-2-12-22-32(34-28-30-19-9-6-10-20-30)24-14-4-3-13-23-31(21-11-1,25-15-16-26-32)33-27-29-17-7-5-8-18-29/h2*1-10,17-20H,15-16,25-28H2/b2*2-1-,4-3-. The number of ether oxygens (including phenoxy) is 4. The van der Waals surface area contributed by atoms with Crippen LogP contribution < -0.4 is 0 Å². The van der Waals surface area contributed by atoms with Crippen molar-refractivity contribution in [1.29, 1.82) is 0 Å². The van der Waals surface area contributed by atoms with Gasteiger partial charge in [0.1, 0.15) is 0 Å². The third kappa shape index (κ3) is 15.7. The molecule has 68 heavy (non-hydrogen) atoms. The van der Waals surface area contributed by atoms with Crippen LogP contribution in [-0.2, 0) is 45.4 Å². The van der Waals surface area contributed by atoms with E-state index < -0.39 is 22.4 Å². The van der Waals surface area contributed by atoms with Crippen molar-refractivity contribution in [2.24, 2.45) is 0 Å². The van der Waals surface area contributed by atoms with E-state index >= 15 is 0 Å². The maximum atomic E-state index is 6.36. The molecular formula is C64H52O4. The molecule has 0 aliphatic heterocycles. The Morgan fingerprint density at radius 3 is 0.618 bits per heavy atom. The largest absolute Gasteiger partial charge is 0.346 e. The van der Waals surface area contributed by atoms with E-state index in [0.717, 1.165) is 47.9 Å². The molecule has 4 bridgehead atoms. The lowest BCUT2D eigenvalue weighted by atomic mass is 9.91. The van der Waals surface area contributed by atoms with Gasteiger partial charge >= 0.3 is 0 Å². The lowest BCUT2D eigenvalue weighted by Gasteiger charge is -2.26. The van der Waals surface area contributed by atoms with Gasteiger partial charge in [-0.1, -0.05) is 169 Å². The fourth-order valence-electron chi connectivity index (χ4n) is 7.42. The maximum Gasteiger partial charge on any atom is 0.191 e. The van der Waals surface area contributed by atoms with Crippen LogP contribution in [0.1, 0.15) is 73.6 Å². The van der Waals surface area contributed by atoms with Gasteiger partial charge in [-0.15, -0.1) is 0 Å². The highest BCUT2D eigenvalue weighted by Gasteiger charge is 2.32. The lowest BCUT2D eigenvalue weighted by molar-refractivity contribution is 0.0120. The zero-order valence-corrected chi connectivity index (χ0v) is 38.3. The summed E-state index contributed by atoms with van der Waals surface area (Å²) in [6, 6.07) is 40.4. The van der Waals surface area contributed by atoms with Gasteiger partial charge in [0.15, 0.2) is 22.4 Å². The van der Waals surface area contributed by atoms with Crippen LogP contribution in [0.15, 0.2) is 170 Å². The van der Waals surface area contributed by atoms with Gasteiger partial charge in [-0.3, -0.25) is 0 Å². The van der Waals surface area contributed by atoms with Gasteiger partial charge in [0, 0.05) is 0 Å². The lowest BCUT2D eigenvalue weighted by Crippen LogP contribution is -2.31. The number of allylic oxidation sites excluding steroid dienone is 8. The summed E-state index contributed by atoms with van der Waals surface area (Å²) in [4.78, 5) is 0. The molecule has 4 aliphatic carbocycles. The van der Waals surface area contributed by atoms with Crippen molar-refractivity contribution in [3.05, 3.63) is 192 Å². The Labute approximate surface area is 404 Å². The van der Waals surface area contributed by atoms with E-state index in [1.165, 1.54) is 0 Å². The number of hydrogen-bond acceptors (Lipinski definition) is 4. The Bertz CT molecular complexity index is 2440. The van der Waals surface area contributed by atoms with Gasteiger partial charge in [0.2, 0.25) is 0 Å². The summed E-state index contributed by atoms with van der Waals surface area (Å²) in [6.07, 6.45) is 20.2. The molecule has 0 saturated heterocycles. The van der Waals surface area contributed by atoms with Crippen molar-refractivity contribution in [2.75, 3.05) is 0 Å². The van der Waals surface area contributed by atoms with E-state index in [2.05, 4.69) is 94.7 Å². The topological polar surface area (TPSA) is 36.9 Å². The Kier molecular flexibility index (Phi) is 18.2. The second kappa shape index (κ2) is 25.7. The minimum Gasteiger partial charge on any atom is -0.346 e. The molecule has 0 heterocycles. The quantitative estimate of drug-likeness (QED) is 0.133. The van der Waals surface area contributed by atoms with Gasteiger partial charge < -0.3 is 18.9 Å². The molecule has 0 fully saturated rings. The van der Waals surface area contributed by atoms with E-state index in [1.807, 2.05) is 121 Å². The second-order valence-electron chi connectivity index (χ2n) is 16.3. The Morgan fingerprint density at radius 1 is 0.265 bits per heavy atom. The van der Waals surface area contributed by atoms with E-state index in [1.54, 1.807) is 48.6 Å². The highest BCUT2D eigenvalue weighted by Crippen LogP contribution is 2.28. The van der Waals surface area contributed by atoms with Crippen LogP contribution in [0.2, 0.25) is 0 Å². The molecule has 4 heteroatoms. The van der Waals surface area contributed by atoms with E-state index in [4.69, 9.17) is 18.9 Å². The highest BCUT2D eigenvalue weighted by atomic mass is 16.5. The van der Waals surface area contributed by atoms with Gasteiger partial charge in [-0.25, -0.2) is 0 Å². The number of rotatable bonds is 12. The highest BCUT2D eigenvalue weighted by molar-refractivity contribution is 5.44. The summed E-state index contributed by atoms with van der Waals surface area (Å²) in [7, 11) is 0. The molecule has 0 aromatic heterocycles. The molecule has 4 aromatic rings. The minimum absolute atomic E-state index is 0.446. The fourth-order valence-corrected chi connectivity index (χ4v) is 7.42. The van der Waals surface area contributed by atoms with Gasteiger partial charge in [-0.05, 0) is 170 Å². The molecule has 8 rings (SSSR count). The van der Waals surface area contributed by atoms with Crippen molar-refractivity contribution >= 4 is 0 Å². The number of hydrogen-bond donors (Lipinski definition) is 0. The predicted octanol–water partition coefficient (Wildman–Crippen LogP) is 11.2. The zero-order chi connectivity index (χ0) is 46.7. The van der Waals surface area contributed by atoms with Crippen LogP contribution in [0.5, 0.6) is 0 Å². The van der Waals surface area contributed by atoms with Crippen LogP contribution in [0.4, 0.5) is 0 Å². The molecule has 0 amide bonds. The molecule has 4 nitrogen and oxygen atoms in total. The molecule has 0 unspecified atom stereocenters. The van der Waals surface area contributed by atoms with Gasteiger partial charge in [-0.2, -0.15) is 0 Å². The fraction of sp³-hybridized carbons (Fsp3) is 0.250. The Morgan fingerprint density at radius 2 is 0.441 bits per heavy atom. The van der Waals surface area contributed by atoms with Crippen LogP contribution in [0, 0.1) is 94.7 Å². The van der Waals surface area contributed by atoms with Crippen LogP contribution >= 0.6 is 0 Å². The van der Waals surface area contributed by atoms with E-state index in [0.29, 0.717) is 52.1 Å². The average molecular weight is 885 g/mol. The monoisotopic (exact) mass is 884 g/mol. The summed E-state index contributed by atoms with van der Waals surface area (Å²) in [5, 5.41) is 0. The molecule has 0 atom stereocenters. The third-order valence-electron chi connectivity index (χ3n) is 11.1. The average Bonchev–Trinajstić information content (AvgIpc) is 3.38. The summed E-state index contributed by atoms with van der Waals surface area (Å²) >= 11 is 0. The van der Waals surface area contributed by atoms with Crippen molar-refractivity contribution in [3.8, 4) is 94.7 Å². The summed E-state index contributed by atoms with van der Waals surface area (Å²) in [5.41, 5.74) is 0.911. The van der Waals surface area contributed by atoms with E-state index in [9.17, 15) is 0 Å². The van der Waals surface area contributed by atoms with Gasteiger partial charge in [0.05, 0.1) is 26.4 Å². The molecule has 0 saturated carbocycles. The number of fused-ring (bicyclic) bond motifs is 10. The van der Waals surface area contributed by atoms with Crippen molar-refractivity contribution in [2.45, 2.75) is 100 Å². The summed E-state index contributed by atoms with van der Waals surface area (Å²) < 4.78 is 25.5. The molecule has 0 N–H and O–H groups in total. The SMILES string of the molecule is C1#CC2(OCc3ccccc3)C#C/C=C\C#CC(OCc3ccccc3)(C#C/C=C\1)CCCC2.C1#CC2(OCc3ccccc3)C#C/C=C\C#CC(OCc3ccccc3)(C#C/C=C\1)CCCC2. The minimum atomic E-state index is -0.864. The molecule has 332 valence electrons. The maximum absolute atomic E-state index is 6.36. The second-order valence-corrected chi connectivity index (χ2v) is 16.3. The molecule has 4 aliphatic rings. The normalized spacial score (nSPS) is 24.6. The first-order valence-corrected chi connectivity index (χ1v) is 23.1. The zero-order valence-electron chi connectivity index (χ0n) is 38.3. The van der Waals surface area contributed by atoms with Gasteiger partial charge in [0.25, 0.3) is 0 Å². The van der Waals surface area contributed by atoms with Crippen LogP contribution in [0.3, 0.4) is 0 Å².